The molecule has 0 aliphatic rings. The molecule has 21 heavy (non-hydrogen) atoms. The van der Waals surface area contributed by atoms with Crippen molar-refractivity contribution in [3.63, 3.8) is 0 Å². The van der Waals surface area contributed by atoms with Crippen molar-refractivity contribution in [2.45, 2.75) is 13.5 Å². The highest BCUT2D eigenvalue weighted by molar-refractivity contribution is 5.99. The quantitative estimate of drug-likeness (QED) is 0.642. The number of nitrogens with zero attached hydrogens (tertiary/aromatic N) is 2. The van der Waals surface area contributed by atoms with Crippen LogP contribution in [0.4, 0.5) is 11.4 Å². The molecular formula is C13H14N4O4. The molecule has 0 aliphatic carbocycles. The number of nitro benzene ring substituents is 1. The van der Waals surface area contributed by atoms with E-state index in [1.165, 1.54) is 18.2 Å². The van der Waals surface area contributed by atoms with Gasteiger partial charge in [0.15, 0.2) is 5.76 Å². The molecule has 0 spiro atoms. The largest absolute Gasteiger partial charge is 0.388 e. The predicted molar refractivity (Wildman–Crippen MR) is 75.1 cm³/mol. The number of benzene rings is 1. The Morgan fingerprint density at radius 2 is 2.19 bits per heavy atom. The SMILES string of the molecule is CNc1ccc([N+](=O)[O-])c(C(=O)NCc2cc(C)no2)c1. The van der Waals surface area contributed by atoms with E-state index in [0.29, 0.717) is 17.1 Å². The molecule has 0 radical (unpaired) electrons. The van der Waals surface area contributed by atoms with Gasteiger partial charge < -0.3 is 15.2 Å². The Bertz CT molecular complexity index is 681. The summed E-state index contributed by atoms with van der Waals surface area (Å²) in [5.41, 5.74) is 1.05. The normalized spacial score (nSPS) is 10.2. The Labute approximate surface area is 120 Å². The van der Waals surface area contributed by atoms with E-state index in [4.69, 9.17) is 4.52 Å². The lowest BCUT2D eigenvalue weighted by atomic mass is 10.1. The van der Waals surface area contributed by atoms with Gasteiger partial charge in [0.1, 0.15) is 5.56 Å². The topological polar surface area (TPSA) is 110 Å². The number of rotatable bonds is 5. The minimum Gasteiger partial charge on any atom is -0.388 e. The van der Waals surface area contributed by atoms with E-state index < -0.39 is 10.8 Å². The van der Waals surface area contributed by atoms with Crippen LogP contribution in [-0.4, -0.2) is 23.0 Å². The molecular weight excluding hydrogens is 276 g/mol. The lowest BCUT2D eigenvalue weighted by Gasteiger charge is -2.06. The molecule has 0 aliphatic heterocycles. The van der Waals surface area contributed by atoms with Gasteiger partial charge >= 0.3 is 0 Å². The number of hydrogen-bond donors (Lipinski definition) is 2. The maximum Gasteiger partial charge on any atom is 0.282 e. The fourth-order valence-corrected chi connectivity index (χ4v) is 1.79. The van der Waals surface area contributed by atoms with Gasteiger partial charge in [0.05, 0.1) is 17.2 Å². The van der Waals surface area contributed by atoms with Gasteiger partial charge in [-0.1, -0.05) is 5.16 Å². The number of carbonyl (C=O) groups is 1. The van der Waals surface area contributed by atoms with E-state index in [2.05, 4.69) is 15.8 Å². The summed E-state index contributed by atoms with van der Waals surface area (Å²) in [6.07, 6.45) is 0. The summed E-state index contributed by atoms with van der Waals surface area (Å²) in [5, 5.41) is 20.1. The number of aromatic nitrogens is 1. The maximum absolute atomic E-state index is 12.1. The Morgan fingerprint density at radius 3 is 2.76 bits per heavy atom. The van der Waals surface area contributed by atoms with Crippen LogP contribution in [0.15, 0.2) is 28.8 Å². The molecule has 110 valence electrons. The van der Waals surface area contributed by atoms with Gasteiger partial charge in [-0.25, -0.2) is 0 Å². The van der Waals surface area contributed by atoms with Crippen molar-refractivity contribution in [1.82, 2.24) is 10.5 Å². The maximum atomic E-state index is 12.1. The fourth-order valence-electron chi connectivity index (χ4n) is 1.79. The lowest BCUT2D eigenvalue weighted by molar-refractivity contribution is -0.385. The van der Waals surface area contributed by atoms with Crippen molar-refractivity contribution in [2.75, 3.05) is 12.4 Å². The average Bonchev–Trinajstić information content (AvgIpc) is 2.89. The van der Waals surface area contributed by atoms with Crippen molar-refractivity contribution >= 4 is 17.3 Å². The third-order valence-electron chi connectivity index (χ3n) is 2.83. The monoisotopic (exact) mass is 290 g/mol. The molecule has 0 bridgehead atoms. The first-order chi connectivity index (χ1) is 10.0. The van der Waals surface area contributed by atoms with Crippen molar-refractivity contribution in [2.24, 2.45) is 0 Å². The summed E-state index contributed by atoms with van der Waals surface area (Å²) in [4.78, 5) is 22.5. The van der Waals surface area contributed by atoms with Gasteiger partial charge in [0.2, 0.25) is 0 Å². The first-order valence-corrected chi connectivity index (χ1v) is 6.18. The van der Waals surface area contributed by atoms with Crippen LogP contribution in [0.3, 0.4) is 0 Å². The van der Waals surface area contributed by atoms with Crippen LogP contribution in [-0.2, 0) is 6.54 Å². The van der Waals surface area contributed by atoms with E-state index in [-0.39, 0.29) is 17.8 Å². The molecule has 8 nitrogen and oxygen atoms in total. The first-order valence-electron chi connectivity index (χ1n) is 6.18. The van der Waals surface area contributed by atoms with Gasteiger partial charge in [-0.05, 0) is 19.1 Å². The van der Waals surface area contributed by atoms with Gasteiger partial charge in [0.25, 0.3) is 11.6 Å². The zero-order valence-corrected chi connectivity index (χ0v) is 11.5. The summed E-state index contributed by atoms with van der Waals surface area (Å²) in [5.74, 6) is -0.0684. The minimum absolute atomic E-state index is 0.0110. The smallest absolute Gasteiger partial charge is 0.282 e. The number of hydrogen-bond acceptors (Lipinski definition) is 6. The molecule has 0 atom stereocenters. The van der Waals surface area contributed by atoms with Gasteiger partial charge in [0, 0.05) is 24.9 Å². The van der Waals surface area contributed by atoms with Crippen LogP contribution in [0.5, 0.6) is 0 Å². The second kappa shape index (κ2) is 6.04. The third-order valence-corrected chi connectivity index (χ3v) is 2.83. The molecule has 0 saturated heterocycles. The predicted octanol–water partition coefficient (Wildman–Crippen LogP) is 1.86. The number of carbonyl (C=O) groups excluding carboxylic acids is 1. The summed E-state index contributed by atoms with van der Waals surface area (Å²) < 4.78 is 4.96. The molecule has 2 rings (SSSR count). The number of anilines is 1. The van der Waals surface area contributed by atoms with Crippen molar-refractivity contribution in [3.8, 4) is 0 Å². The Balaban J connectivity index is 2.19. The van der Waals surface area contributed by atoms with E-state index >= 15 is 0 Å². The summed E-state index contributed by atoms with van der Waals surface area (Å²) in [6.45, 7) is 1.87. The Hall–Kier alpha value is -2.90. The van der Waals surface area contributed by atoms with E-state index in [0.717, 1.165) is 0 Å². The standard InChI is InChI=1S/C13H14N4O4/c1-8-5-10(21-16-8)7-15-13(18)11-6-9(14-2)3-4-12(11)17(19)20/h3-6,14H,7H2,1-2H3,(H,15,18). The number of nitro groups is 1. The summed E-state index contributed by atoms with van der Waals surface area (Å²) in [7, 11) is 1.67. The second-order valence-corrected chi connectivity index (χ2v) is 4.36. The molecule has 0 fully saturated rings. The molecule has 2 N–H and O–H groups in total. The highest BCUT2D eigenvalue weighted by atomic mass is 16.6. The zero-order chi connectivity index (χ0) is 15.4. The minimum atomic E-state index is -0.590. The molecule has 8 heteroatoms. The molecule has 1 aromatic heterocycles. The summed E-state index contributed by atoms with van der Waals surface area (Å²) >= 11 is 0. The first kappa shape index (κ1) is 14.5. The Kier molecular flexibility index (Phi) is 4.17. The van der Waals surface area contributed by atoms with E-state index in [9.17, 15) is 14.9 Å². The van der Waals surface area contributed by atoms with Gasteiger partial charge in [-0.3, -0.25) is 14.9 Å². The third kappa shape index (κ3) is 3.35. The van der Waals surface area contributed by atoms with Crippen molar-refractivity contribution in [1.29, 1.82) is 0 Å². The van der Waals surface area contributed by atoms with Crippen LogP contribution in [0, 0.1) is 17.0 Å². The van der Waals surface area contributed by atoms with Crippen LogP contribution >= 0.6 is 0 Å². The average molecular weight is 290 g/mol. The van der Waals surface area contributed by atoms with Crippen LogP contribution in [0.25, 0.3) is 0 Å². The van der Waals surface area contributed by atoms with Crippen LogP contribution in [0.2, 0.25) is 0 Å². The second-order valence-electron chi connectivity index (χ2n) is 4.36. The number of nitrogens with one attached hydrogen (secondary N) is 2. The molecule has 0 saturated carbocycles. The molecule has 1 aromatic carbocycles. The number of amides is 1. The van der Waals surface area contributed by atoms with E-state index in [1.807, 2.05) is 0 Å². The molecule has 0 unspecified atom stereocenters. The lowest BCUT2D eigenvalue weighted by Crippen LogP contribution is -2.23. The van der Waals surface area contributed by atoms with Crippen molar-refractivity contribution in [3.05, 3.63) is 51.4 Å². The van der Waals surface area contributed by atoms with E-state index in [1.54, 1.807) is 20.0 Å². The zero-order valence-electron chi connectivity index (χ0n) is 11.5. The van der Waals surface area contributed by atoms with Crippen molar-refractivity contribution < 1.29 is 14.2 Å². The Morgan fingerprint density at radius 1 is 1.43 bits per heavy atom. The van der Waals surface area contributed by atoms with Gasteiger partial charge in [-0.2, -0.15) is 0 Å². The summed E-state index contributed by atoms with van der Waals surface area (Å²) in [6, 6.07) is 5.94. The number of aryl methyl sites for hydroxylation is 1. The van der Waals surface area contributed by atoms with Gasteiger partial charge in [-0.15, -0.1) is 0 Å². The highest BCUT2D eigenvalue weighted by Gasteiger charge is 2.20. The molecule has 1 amide bonds. The fraction of sp³-hybridized carbons (Fsp3) is 0.231. The van der Waals surface area contributed by atoms with Crippen LogP contribution in [0.1, 0.15) is 21.8 Å². The van der Waals surface area contributed by atoms with Crippen LogP contribution < -0.4 is 10.6 Å². The highest BCUT2D eigenvalue weighted by Crippen LogP contribution is 2.22. The molecule has 2 aromatic rings. The molecule has 1 heterocycles.